The van der Waals surface area contributed by atoms with Crippen LogP contribution in [0.1, 0.15) is 11.3 Å². The zero-order valence-corrected chi connectivity index (χ0v) is 18.8. The Morgan fingerprint density at radius 3 is 2.63 bits per heavy atom. The monoisotopic (exact) mass is 480 g/mol. The fourth-order valence-electron chi connectivity index (χ4n) is 3.20. The van der Waals surface area contributed by atoms with Crippen LogP contribution in [0, 0.1) is 18.6 Å². The fourth-order valence-corrected chi connectivity index (χ4v) is 3.64. The van der Waals surface area contributed by atoms with Gasteiger partial charge in [-0.2, -0.15) is 0 Å². The molecule has 0 aliphatic carbocycles. The lowest BCUT2D eigenvalue weighted by Gasteiger charge is -2.32. The third-order valence-electron chi connectivity index (χ3n) is 4.72. The molecule has 0 saturated heterocycles. The Bertz CT molecular complexity index is 1070. The molecule has 1 aromatic carbocycles. The van der Waals surface area contributed by atoms with Gasteiger partial charge in [0.1, 0.15) is 28.5 Å². The summed E-state index contributed by atoms with van der Waals surface area (Å²) in [5, 5.41) is 0. The molecule has 1 aliphatic heterocycles. The van der Waals surface area contributed by atoms with Crippen molar-refractivity contribution in [2.24, 2.45) is 4.99 Å². The van der Waals surface area contributed by atoms with E-state index >= 15 is 0 Å². The van der Waals surface area contributed by atoms with Crippen molar-refractivity contribution in [2.75, 3.05) is 21.1 Å². The molecule has 0 bridgehead atoms. The third-order valence-corrected chi connectivity index (χ3v) is 5.45. The molecule has 6 nitrogen and oxygen atoms in total. The first-order chi connectivity index (χ1) is 14.2. The van der Waals surface area contributed by atoms with Gasteiger partial charge >= 0.3 is 0 Å². The van der Waals surface area contributed by atoms with Gasteiger partial charge in [-0.1, -0.05) is 0 Å². The summed E-state index contributed by atoms with van der Waals surface area (Å²) >= 11 is 3.29. The van der Waals surface area contributed by atoms with Crippen LogP contribution >= 0.6 is 15.9 Å². The highest BCUT2D eigenvalue weighted by Gasteiger charge is 2.19. The number of ether oxygens (including phenoxy) is 1. The van der Waals surface area contributed by atoms with Gasteiger partial charge in [0.2, 0.25) is 0 Å². The smallest absolute Gasteiger partial charge is 0.269 e. The van der Waals surface area contributed by atoms with Crippen LogP contribution in [-0.4, -0.2) is 48.0 Å². The third kappa shape index (κ3) is 4.79. The summed E-state index contributed by atoms with van der Waals surface area (Å²) < 4.78 is 34.4. The second kappa shape index (κ2) is 9.09. The van der Waals surface area contributed by atoms with Gasteiger partial charge in [-0.15, -0.1) is 0 Å². The van der Waals surface area contributed by atoms with E-state index in [1.165, 1.54) is 6.07 Å². The van der Waals surface area contributed by atoms with Gasteiger partial charge in [0, 0.05) is 48.4 Å². The van der Waals surface area contributed by atoms with Gasteiger partial charge in [-0.05, 0) is 49.1 Å². The van der Waals surface area contributed by atoms with Crippen molar-refractivity contribution in [1.29, 1.82) is 0 Å². The van der Waals surface area contributed by atoms with Crippen LogP contribution in [0.15, 0.2) is 50.3 Å². The Balaban J connectivity index is 1.79. The standard InChI is InChI=1S/C21H23BrF2N4O2/c1-13-7-18(30-12-15-5-6-16(23)8-17(15)24)19(22)20(29)28(13)11-14-9-25-21(26(2)3)27(4)10-14/h5-10,21H,11-12H2,1-4H3. The minimum Gasteiger partial charge on any atom is -0.487 e. The Hall–Kier alpha value is -2.52. The number of pyridine rings is 1. The molecule has 9 heteroatoms. The number of halogens is 3. The fraction of sp³-hybridized carbons (Fsp3) is 0.333. The van der Waals surface area contributed by atoms with E-state index in [2.05, 4.69) is 20.9 Å². The van der Waals surface area contributed by atoms with Crippen molar-refractivity contribution in [3.63, 3.8) is 0 Å². The molecule has 1 aromatic heterocycles. The number of aliphatic imine (C=N–C) groups is 1. The molecule has 2 heterocycles. The summed E-state index contributed by atoms with van der Waals surface area (Å²) in [6, 6.07) is 4.99. The molecular formula is C21H23BrF2N4O2. The van der Waals surface area contributed by atoms with Crippen molar-refractivity contribution in [2.45, 2.75) is 26.4 Å². The predicted octanol–water partition coefficient (Wildman–Crippen LogP) is 3.52. The molecule has 1 aliphatic rings. The van der Waals surface area contributed by atoms with Crippen LogP contribution < -0.4 is 10.3 Å². The molecule has 30 heavy (non-hydrogen) atoms. The first kappa shape index (κ1) is 22.2. The quantitative estimate of drug-likeness (QED) is 0.634. The van der Waals surface area contributed by atoms with Crippen LogP contribution in [0.3, 0.4) is 0 Å². The van der Waals surface area contributed by atoms with E-state index in [9.17, 15) is 13.6 Å². The second-order valence-corrected chi connectivity index (χ2v) is 8.13. The molecule has 160 valence electrons. The largest absolute Gasteiger partial charge is 0.487 e. The number of benzene rings is 1. The second-order valence-electron chi connectivity index (χ2n) is 7.34. The number of aryl methyl sites for hydroxylation is 1. The van der Waals surface area contributed by atoms with Crippen LogP contribution in [0.4, 0.5) is 8.78 Å². The number of hydrogen-bond donors (Lipinski definition) is 0. The normalized spacial score (nSPS) is 16.2. The van der Waals surface area contributed by atoms with Gasteiger partial charge in [-0.25, -0.2) is 8.78 Å². The lowest BCUT2D eigenvalue weighted by molar-refractivity contribution is 0.154. The average molecular weight is 481 g/mol. The highest BCUT2D eigenvalue weighted by molar-refractivity contribution is 9.10. The maximum absolute atomic E-state index is 13.8. The summed E-state index contributed by atoms with van der Waals surface area (Å²) in [6.07, 6.45) is 3.65. The first-order valence-electron chi connectivity index (χ1n) is 9.26. The van der Waals surface area contributed by atoms with E-state index in [4.69, 9.17) is 4.74 Å². The lowest BCUT2D eigenvalue weighted by Crippen LogP contribution is -2.40. The Labute approximate surface area is 182 Å². The summed E-state index contributed by atoms with van der Waals surface area (Å²) in [5.41, 5.74) is 1.50. The van der Waals surface area contributed by atoms with Crippen molar-refractivity contribution < 1.29 is 13.5 Å². The molecule has 0 amide bonds. The summed E-state index contributed by atoms with van der Waals surface area (Å²) in [6.45, 7) is 2.03. The van der Waals surface area contributed by atoms with Gasteiger partial charge < -0.3 is 14.2 Å². The zero-order valence-electron chi connectivity index (χ0n) is 17.2. The molecule has 3 rings (SSSR count). The van der Waals surface area contributed by atoms with Crippen molar-refractivity contribution in [3.05, 3.63) is 73.8 Å². The Morgan fingerprint density at radius 2 is 2.00 bits per heavy atom. The molecule has 0 saturated carbocycles. The maximum Gasteiger partial charge on any atom is 0.269 e. The van der Waals surface area contributed by atoms with Crippen molar-refractivity contribution in [3.8, 4) is 5.75 Å². The zero-order chi connectivity index (χ0) is 22.0. The number of aromatic nitrogens is 1. The van der Waals surface area contributed by atoms with E-state index in [1.807, 2.05) is 37.1 Å². The molecule has 0 N–H and O–H groups in total. The van der Waals surface area contributed by atoms with Crippen LogP contribution in [0.5, 0.6) is 5.75 Å². The van der Waals surface area contributed by atoms with Gasteiger partial charge in [0.05, 0.1) is 6.54 Å². The number of nitrogens with zero attached hydrogens (tertiary/aromatic N) is 4. The van der Waals surface area contributed by atoms with E-state index in [0.717, 1.165) is 17.7 Å². The van der Waals surface area contributed by atoms with E-state index in [1.54, 1.807) is 23.8 Å². The average Bonchev–Trinajstić information content (AvgIpc) is 2.68. The number of rotatable bonds is 6. The topological polar surface area (TPSA) is 50.1 Å². The summed E-state index contributed by atoms with van der Waals surface area (Å²) in [7, 11) is 5.82. The Kier molecular flexibility index (Phi) is 6.72. The maximum atomic E-state index is 13.8. The van der Waals surface area contributed by atoms with E-state index in [-0.39, 0.29) is 28.5 Å². The van der Waals surface area contributed by atoms with Crippen LogP contribution in [-0.2, 0) is 13.2 Å². The first-order valence-corrected chi connectivity index (χ1v) is 10.1. The van der Waals surface area contributed by atoms with Crippen LogP contribution in [0.25, 0.3) is 0 Å². The number of allylic oxidation sites excluding steroid dienone is 1. The Morgan fingerprint density at radius 1 is 1.27 bits per heavy atom. The highest BCUT2D eigenvalue weighted by atomic mass is 79.9. The van der Waals surface area contributed by atoms with Crippen molar-refractivity contribution in [1.82, 2.24) is 14.4 Å². The SMILES string of the molecule is Cc1cc(OCc2ccc(F)cc2F)c(Br)c(=O)n1CC1=CN(C)C(N(C)C)N=C1. The molecule has 2 aromatic rings. The minimum absolute atomic E-state index is 0.0825. The lowest BCUT2D eigenvalue weighted by atomic mass is 10.2. The number of hydrogen-bond acceptors (Lipinski definition) is 5. The van der Waals surface area contributed by atoms with E-state index in [0.29, 0.717) is 18.0 Å². The highest BCUT2D eigenvalue weighted by Crippen LogP contribution is 2.24. The van der Waals surface area contributed by atoms with E-state index < -0.39 is 11.6 Å². The predicted molar refractivity (Wildman–Crippen MR) is 116 cm³/mol. The molecule has 0 radical (unpaired) electrons. The molecule has 1 unspecified atom stereocenters. The molecule has 0 fully saturated rings. The molecule has 0 spiro atoms. The molecular weight excluding hydrogens is 458 g/mol. The minimum atomic E-state index is -0.695. The van der Waals surface area contributed by atoms with Gasteiger partial charge in [-0.3, -0.25) is 14.7 Å². The molecule has 1 atom stereocenters. The van der Waals surface area contributed by atoms with Gasteiger partial charge in [0.15, 0.2) is 6.29 Å². The van der Waals surface area contributed by atoms with Crippen LogP contribution in [0.2, 0.25) is 0 Å². The summed E-state index contributed by atoms with van der Waals surface area (Å²) in [5.74, 6) is -1.05. The summed E-state index contributed by atoms with van der Waals surface area (Å²) in [4.78, 5) is 21.3. The van der Waals surface area contributed by atoms with Gasteiger partial charge in [0.25, 0.3) is 5.56 Å². The van der Waals surface area contributed by atoms with Crippen molar-refractivity contribution >= 4 is 22.1 Å².